The highest BCUT2D eigenvalue weighted by atomic mass is 15.0. The summed E-state index contributed by atoms with van der Waals surface area (Å²) in [5.74, 6) is 0. The lowest BCUT2D eigenvalue weighted by Crippen LogP contribution is -1.97. The average molecular weight is 611 g/mol. The van der Waals surface area contributed by atoms with Crippen molar-refractivity contribution in [2.45, 2.75) is 0 Å². The maximum Gasteiger partial charge on any atom is 0.196 e. The van der Waals surface area contributed by atoms with Gasteiger partial charge in [0.15, 0.2) is 5.69 Å². The molecule has 0 saturated heterocycles. The summed E-state index contributed by atoms with van der Waals surface area (Å²) in [7, 11) is 0. The molecule has 0 spiro atoms. The number of fused-ring (bicyclic) bond motifs is 6. The number of nitriles is 1. The average Bonchev–Trinajstić information content (AvgIpc) is 3.68. The third-order valence-corrected chi connectivity index (χ3v) is 9.38. The van der Waals surface area contributed by atoms with Crippen molar-refractivity contribution in [1.29, 1.82) is 5.26 Å². The van der Waals surface area contributed by atoms with Gasteiger partial charge in [0.1, 0.15) is 0 Å². The topological polar surface area (TPSA) is 38.0 Å². The lowest BCUT2D eigenvalue weighted by Gasteiger charge is -2.16. The molecular weight excluding hydrogens is 585 g/mol. The van der Waals surface area contributed by atoms with E-state index < -0.39 is 0 Å². The zero-order valence-electron chi connectivity index (χ0n) is 25.8. The standard InChI is InChI=1S/C44H26N4/c1-46-38-20-12-13-30(28-45)42(38)36-25-24-33(43-35-19-9-11-22-40(35)48(44(36)43)32-16-6-3-7-17-32)29-23-26-41-37(27-29)34-18-8-10-21-39(34)47(41)31-14-4-2-5-15-31/h2-27H. The predicted molar refractivity (Wildman–Crippen MR) is 197 cm³/mol. The van der Waals surface area contributed by atoms with Crippen LogP contribution in [-0.2, 0) is 0 Å². The molecule has 9 rings (SSSR count). The van der Waals surface area contributed by atoms with E-state index in [-0.39, 0.29) is 0 Å². The number of para-hydroxylation sites is 4. The third-order valence-electron chi connectivity index (χ3n) is 9.38. The molecular formula is C44H26N4. The van der Waals surface area contributed by atoms with Crippen molar-refractivity contribution >= 4 is 49.3 Å². The molecule has 0 aliphatic heterocycles. The van der Waals surface area contributed by atoms with Gasteiger partial charge in [-0.15, -0.1) is 0 Å². The number of aromatic nitrogens is 2. The van der Waals surface area contributed by atoms with Crippen LogP contribution in [0.15, 0.2) is 158 Å². The fourth-order valence-electron chi connectivity index (χ4n) is 7.39. The Morgan fingerprint density at radius 1 is 0.521 bits per heavy atom. The highest BCUT2D eigenvalue weighted by Crippen LogP contribution is 2.46. The minimum Gasteiger partial charge on any atom is -0.309 e. The third kappa shape index (κ3) is 4.01. The minimum absolute atomic E-state index is 0.461. The van der Waals surface area contributed by atoms with Crippen LogP contribution in [0.1, 0.15) is 5.56 Å². The van der Waals surface area contributed by atoms with E-state index in [4.69, 9.17) is 6.57 Å². The van der Waals surface area contributed by atoms with Crippen LogP contribution in [0.3, 0.4) is 0 Å². The lowest BCUT2D eigenvalue weighted by atomic mass is 9.91. The van der Waals surface area contributed by atoms with Crippen molar-refractivity contribution < 1.29 is 0 Å². The molecule has 4 heteroatoms. The fraction of sp³-hybridized carbons (Fsp3) is 0. The van der Waals surface area contributed by atoms with Crippen LogP contribution in [-0.4, -0.2) is 9.13 Å². The zero-order valence-corrected chi connectivity index (χ0v) is 25.8. The van der Waals surface area contributed by atoms with Gasteiger partial charge in [-0.05, 0) is 71.3 Å². The van der Waals surface area contributed by atoms with Gasteiger partial charge in [-0.3, -0.25) is 0 Å². The number of benzene rings is 7. The van der Waals surface area contributed by atoms with Crippen LogP contribution >= 0.6 is 0 Å². The van der Waals surface area contributed by atoms with Crippen molar-refractivity contribution in [1.82, 2.24) is 9.13 Å². The summed E-state index contributed by atoms with van der Waals surface area (Å²) in [6.07, 6.45) is 0. The van der Waals surface area contributed by atoms with Gasteiger partial charge < -0.3 is 9.13 Å². The van der Waals surface area contributed by atoms with Crippen LogP contribution in [0.25, 0.3) is 82.1 Å². The first kappa shape index (κ1) is 27.4. The fourth-order valence-corrected chi connectivity index (χ4v) is 7.39. The number of rotatable bonds is 4. The van der Waals surface area contributed by atoms with Gasteiger partial charge in [-0.1, -0.05) is 103 Å². The highest BCUT2D eigenvalue weighted by Gasteiger charge is 2.23. The molecule has 4 nitrogen and oxygen atoms in total. The van der Waals surface area contributed by atoms with Gasteiger partial charge in [-0.25, -0.2) is 4.85 Å². The highest BCUT2D eigenvalue weighted by molar-refractivity contribution is 6.21. The second-order valence-corrected chi connectivity index (χ2v) is 11.9. The Hall–Kier alpha value is -6.88. The van der Waals surface area contributed by atoms with Crippen molar-refractivity contribution in [2.75, 3.05) is 0 Å². The molecule has 0 aliphatic carbocycles. The Bertz CT molecular complexity index is 2760. The Morgan fingerprint density at radius 3 is 1.83 bits per heavy atom. The summed E-state index contributed by atoms with van der Waals surface area (Å²) in [5, 5.41) is 14.8. The maximum atomic E-state index is 10.2. The van der Waals surface area contributed by atoms with E-state index >= 15 is 0 Å². The van der Waals surface area contributed by atoms with E-state index in [9.17, 15) is 5.26 Å². The first-order chi connectivity index (χ1) is 23.8. The van der Waals surface area contributed by atoms with Crippen molar-refractivity contribution in [3.8, 4) is 39.7 Å². The summed E-state index contributed by atoms with van der Waals surface area (Å²) in [4.78, 5) is 3.88. The summed E-state index contributed by atoms with van der Waals surface area (Å²) >= 11 is 0. The molecule has 0 saturated carbocycles. The smallest absolute Gasteiger partial charge is 0.196 e. The first-order valence-corrected chi connectivity index (χ1v) is 15.9. The normalized spacial score (nSPS) is 11.3. The zero-order chi connectivity index (χ0) is 32.2. The van der Waals surface area contributed by atoms with E-state index in [0.29, 0.717) is 16.8 Å². The molecule has 0 amide bonds. The molecule has 0 unspecified atom stereocenters. The predicted octanol–water partition coefficient (Wildman–Crippen LogP) is 11.6. The molecule has 7 aromatic carbocycles. The molecule has 222 valence electrons. The van der Waals surface area contributed by atoms with Crippen LogP contribution in [0.2, 0.25) is 0 Å². The van der Waals surface area contributed by atoms with Crippen molar-refractivity contribution in [3.05, 3.63) is 175 Å². The van der Waals surface area contributed by atoms with Gasteiger partial charge in [0, 0.05) is 44.0 Å². The number of hydrogen-bond donors (Lipinski definition) is 0. The summed E-state index contributed by atoms with van der Waals surface area (Å²) < 4.78 is 4.62. The first-order valence-electron chi connectivity index (χ1n) is 15.9. The summed E-state index contributed by atoms with van der Waals surface area (Å²) in [6, 6.07) is 56.7. The maximum absolute atomic E-state index is 10.2. The largest absolute Gasteiger partial charge is 0.309 e. The number of nitrogens with zero attached hydrogens (tertiary/aromatic N) is 4. The second-order valence-electron chi connectivity index (χ2n) is 11.9. The van der Waals surface area contributed by atoms with E-state index in [0.717, 1.165) is 60.9 Å². The van der Waals surface area contributed by atoms with Crippen molar-refractivity contribution in [2.24, 2.45) is 0 Å². The molecule has 48 heavy (non-hydrogen) atoms. The molecule has 0 fully saturated rings. The van der Waals surface area contributed by atoms with Crippen LogP contribution < -0.4 is 0 Å². The second kappa shape index (κ2) is 10.9. The van der Waals surface area contributed by atoms with Gasteiger partial charge >= 0.3 is 0 Å². The molecule has 0 aliphatic rings. The minimum atomic E-state index is 0.461. The molecule has 0 radical (unpaired) electrons. The van der Waals surface area contributed by atoms with E-state index in [2.05, 4.69) is 135 Å². The van der Waals surface area contributed by atoms with Gasteiger partial charge in [0.05, 0.1) is 34.7 Å². The Balaban J connectivity index is 1.42. The van der Waals surface area contributed by atoms with Crippen LogP contribution in [0.4, 0.5) is 5.69 Å². The number of hydrogen-bond acceptors (Lipinski definition) is 1. The van der Waals surface area contributed by atoms with Crippen LogP contribution in [0.5, 0.6) is 0 Å². The van der Waals surface area contributed by atoms with Gasteiger partial charge in [0.2, 0.25) is 0 Å². The molecule has 0 atom stereocenters. The molecule has 0 bridgehead atoms. The molecule has 0 N–H and O–H groups in total. The quantitative estimate of drug-likeness (QED) is 0.183. The monoisotopic (exact) mass is 610 g/mol. The molecule has 2 aromatic heterocycles. The molecule has 9 aromatic rings. The van der Waals surface area contributed by atoms with Gasteiger partial charge in [0.25, 0.3) is 0 Å². The van der Waals surface area contributed by atoms with Gasteiger partial charge in [-0.2, -0.15) is 5.26 Å². The molecule has 2 heterocycles. The Labute approximate surface area is 277 Å². The lowest BCUT2D eigenvalue weighted by molar-refractivity contribution is 1.18. The van der Waals surface area contributed by atoms with Crippen molar-refractivity contribution in [3.63, 3.8) is 0 Å². The van der Waals surface area contributed by atoms with E-state index in [1.807, 2.05) is 24.3 Å². The SMILES string of the molecule is [C-]#[N+]c1cccc(C#N)c1-c1ccc(-c2ccc3c(c2)c2ccccc2n3-c2ccccc2)c2c3ccccc3n(-c3ccccc3)c12. The Morgan fingerprint density at radius 2 is 1.12 bits per heavy atom. The van der Waals surface area contributed by atoms with E-state index in [1.165, 1.54) is 10.8 Å². The Kier molecular flexibility index (Phi) is 6.22. The summed E-state index contributed by atoms with van der Waals surface area (Å²) in [5.41, 5.74) is 11.1. The van der Waals surface area contributed by atoms with E-state index in [1.54, 1.807) is 18.2 Å². The van der Waals surface area contributed by atoms with Crippen LogP contribution in [0, 0.1) is 17.9 Å². The summed E-state index contributed by atoms with van der Waals surface area (Å²) in [6.45, 7) is 8.03.